The molecule has 0 spiro atoms. The van der Waals surface area contributed by atoms with Gasteiger partial charge in [-0.1, -0.05) is 29.5 Å². The van der Waals surface area contributed by atoms with Gasteiger partial charge in [-0.15, -0.1) is 0 Å². The first kappa shape index (κ1) is 16.2. The van der Waals surface area contributed by atoms with Crippen LogP contribution in [0.15, 0.2) is 29.5 Å². The van der Waals surface area contributed by atoms with Crippen molar-refractivity contribution in [3.05, 3.63) is 24.3 Å². The summed E-state index contributed by atoms with van der Waals surface area (Å²) < 4.78 is 0. The molecule has 1 aliphatic carbocycles. The van der Waals surface area contributed by atoms with Gasteiger partial charge in [0.25, 0.3) is 0 Å². The summed E-state index contributed by atoms with van der Waals surface area (Å²) in [6, 6.07) is 0.293. The van der Waals surface area contributed by atoms with E-state index < -0.39 is 0 Å². The summed E-state index contributed by atoms with van der Waals surface area (Å²) >= 11 is 0. The van der Waals surface area contributed by atoms with E-state index in [0.29, 0.717) is 6.04 Å². The van der Waals surface area contributed by atoms with Crippen LogP contribution in [0.2, 0.25) is 0 Å². The summed E-state index contributed by atoms with van der Waals surface area (Å²) in [7, 11) is 2.17. The maximum Gasteiger partial charge on any atom is 0.0745 e. The molecule has 0 aromatic carbocycles. The van der Waals surface area contributed by atoms with E-state index in [-0.39, 0.29) is 0 Å². The molecular formula is C17H29N3O. The molecule has 0 amide bonds. The van der Waals surface area contributed by atoms with Crippen molar-refractivity contribution in [3.63, 3.8) is 0 Å². The minimum absolute atomic E-state index is 0.293. The van der Waals surface area contributed by atoms with Crippen LogP contribution in [0.3, 0.4) is 0 Å². The molecule has 1 fully saturated rings. The van der Waals surface area contributed by atoms with Gasteiger partial charge >= 0.3 is 0 Å². The summed E-state index contributed by atoms with van der Waals surface area (Å²) in [5.74, 6) is 0. The zero-order valence-electron chi connectivity index (χ0n) is 13.2. The molecule has 4 nitrogen and oxygen atoms in total. The fourth-order valence-electron chi connectivity index (χ4n) is 3.13. The van der Waals surface area contributed by atoms with Gasteiger partial charge in [-0.2, -0.15) is 0 Å². The Balaban J connectivity index is 2.04. The van der Waals surface area contributed by atoms with Gasteiger partial charge < -0.3 is 10.1 Å². The predicted molar refractivity (Wildman–Crippen MR) is 88.1 cm³/mol. The predicted octanol–water partition coefficient (Wildman–Crippen LogP) is 2.90. The summed E-state index contributed by atoms with van der Waals surface area (Å²) in [6.07, 6.45) is 15.3. The molecule has 0 bridgehead atoms. The van der Waals surface area contributed by atoms with Gasteiger partial charge in [0, 0.05) is 26.2 Å². The van der Waals surface area contributed by atoms with Crippen LogP contribution in [-0.2, 0) is 0 Å². The molecule has 1 N–H and O–H groups in total. The first-order valence-electron chi connectivity index (χ1n) is 8.24. The number of likely N-dealkylation sites (N-methyl/N-ethyl adjacent to an activating group) is 1. The molecule has 1 saturated heterocycles. The molecule has 0 radical (unpaired) electrons. The number of oxime groups is 1. The van der Waals surface area contributed by atoms with E-state index >= 15 is 0 Å². The number of allylic oxidation sites excluding steroid dienone is 4. The topological polar surface area (TPSA) is 39.1 Å². The fourth-order valence-corrected chi connectivity index (χ4v) is 3.13. The monoisotopic (exact) mass is 291 g/mol. The lowest BCUT2D eigenvalue weighted by atomic mass is 9.98. The van der Waals surface area contributed by atoms with Gasteiger partial charge in [-0.3, -0.25) is 4.90 Å². The van der Waals surface area contributed by atoms with Crippen molar-refractivity contribution in [3.8, 4) is 0 Å². The molecule has 0 unspecified atom stereocenters. The van der Waals surface area contributed by atoms with E-state index in [9.17, 15) is 5.21 Å². The Morgan fingerprint density at radius 2 is 1.57 bits per heavy atom. The first-order chi connectivity index (χ1) is 10.3. The highest BCUT2D eigenvalue weighted by Crippen LogP contribution is 2.17. The third-order valence-corrected chi connectivity index (χ3v) is 4.50. The molecule has 21 heavy (non-hydrogen) atoms. The fraction of sp³-hybridized carbons (Fsp3) is 0.706. The Kier molecular flexibility index (Phi) is 6.96. The lowest BCUT2D eigenvalue weighted by molar-refractivity contribution is 0.130. The molecule has 0 aromatic heterocycles. The van der Waals surface area contributed by atoms with Gasteiger partial charge in [0.2, 0.25) is 0 Å². The highest BCUT2D eigenvalue weighted by molar-refractivity contribution is 5.89. The maximum absolute atomic E-state index is 9.46. The highest BCUT2D eigenvalue weighted by Gasteiger charge is 2.26. The van der Waals surface area contributed by atoms with Crippen LogP contribution in [0, 0.1) is 0 Å². The lowest BCUT2D eigenvalue weighted by Gasteiger charge is -2.38. The van der Waals surface area contributed by atoms with Gasteiger partial charge in [0.05, 0.1) is 11.8 Å². The number of hydrogen-bond donors (Lipinski definition) is 1. The molecular weight excluding hydrogens is 262 g/mol. The second-order valence-electron chi connectivity index (χ2n) is 6.08. The van der Waals surface area contributed by atoms with Crippen LogP contribution in [0.4, 0.5) is 0 Å². The van der Waals surface area contributed by atoms with Crippen LogP contribution >= 0.6 is 0 Å². The molecule has 1 atom stereocenters. The Hall–Kier alpha value is -1.13. The van der Waals surface area contributed by atoms with Crippen LogP contribution in [0.25, 0.3) is 0 Å². The van der Waals surface area contributed by atoms with E-state index in [1.54, 1.807) is 0 Å². The van der Waals surface area contributed by atoms with Crippen molar-refractivity contribution >= 4 is 5.71 Å². The number of hydrogen-bond acceptors (Lipinski definition) is 4. The summed E-state index contributed by atoms with van der Waals surface area (Å²) in [5.41, 5.74) is 0.957. The van der Waals surface area contributed by atoms with Crippen LogP contribution in [-0.4, -0.2) is 60.0 Å². The SMILES string of the molecule is CN1CCN([C@@H]2CC/C=C/CC/C=C/CC/C2=N\O)CC1. The average molecular weight is 291 g/mol. The van der Waals surface area contributed by atoms with E-state index in [0.717, 1.165) is 70.4 Å². The Bertz CT molecular complexity index is 381. The zero-order valence-corrected chi connectivity index (χ0v) is 13.2. The molecule has 1 heterocycles. The van der Waals surface area contributed by atoms with Gasteiger partial charge in [0.15, 0.2) is 0 Å². The van der Waals surface area contributed by atoms with E-state index in [1.807, 2.05) is 0 Å². The smallest absolute Gasteiger partial charge is 0.0745 e. The standard InChI is InChI=1S/C17H29N3O/c1-19-12-14-20(15-13-19)17-11-9-7-5-3-2-4-6-8-10-16(17)18-21/h4-7,17,21H,2-3,8-15H2,1H3/b6-4+,7-5+,18-16+/t17-/m1/s1. The molecule has 4 heteroatoms. The maximum atomic E-state index is 9.46. The van der Waals surface area contributed by atoms with Gasteiger partial charge in [-0.05, 0) is 45.6 Å². The van der Waals surface area contributed by atoms with Crippen LogP contribution in [0.1, 0.15) is 38.5 Å². The Morgan fingerprint density at radius 1 is 0.952 bits per heavy atom. The molecule has 2 rings (SSSR count). The van der Waals surface area contributed by atoms with E-state index in [4.69, 9.17) is 0 Å². The van der Waals surface area contributed by atoms with Crippen molar-refractivity contribution in [1.82, 2.24) is 9.80 Å². The highest BCUT2D eigenvalue weighted by atomic mass is 16.4. The first-order valence-corrected chi connectivity index (χ1v) is 8.24. The number of rotatable bonds is 1. The lowest BCUT2D eigenvalue weighted by Crippen LogP contribution is -2.51. The molecule has 1 aliphatic heterocycles. The van der Waals surface area contributed by atoms with E-state index in [2.05, 4.69) is 46.3 Å². The third-order valence-electron chi connectivity index (χ3n) is 4.50. The van der Waals surface area contributed by atoms with Crippen molar-refractivity contribution < 1.29 is 5.21 Å². The largest absolute Gasteiger partial charge is 0.411 e. The average Bonchev–Trinajstić information content (AvgIpc) is 2.49. The van der Waals surface area contributed by atoms with Crippen molar-refractivity contribution in [2.45, 2.75) is 44.6 Å². The third kappa shape index (κ3) is 5.29. The number of piperazine rings is 1. The van der Waals surface area contributed by atoms with Crippen LogP contribution < -0.4 is 0 Å². The summed E-state index contributed by atoms with van der Waals surface area (Å²) in [4.78, 5) is 4.86. The second-order valence-corrected chi connectivity index (χ2v) is 6.08. The Labute approximate surface area is 128 Å². The van der Waals surface area contributed by atoms with Crippen molar-refractivity contribution in [1.29, 1.82) is 0 Å². The van der Waals surface area contributed by atoms with E-state index in [1.165, 1.54) is 0 Å². The zero-order chi connectivity index (χ0) is 14.9. The van der Waals surface area contributed by atoms with Crippen molar-refractivity contribution in [2.24, 2.45) is 5.16 Å². The summed E-state index contributed by atoms with van der Waals surface area (Å²) in [5, 5.41) is 13.1. The molecule has 0 aromatic rings. The molecule has 2 aliphatic rings. The van der Waals surface area contributed by atoms with Gasteiger partial charge in [-0.25, -0.2) is 0 Å². The van der Waals surface area contributed by atoms with Crippen molar-refractivity contribution in [2.75, 3.05) is 33.2 Å². The minimum Gasteiger partial charge on any atom is -0.411 e. The second kappa shape index (κ2) is 9.00. The normalized spacial score (nSPS) is 32.2. The minimum atomic E-state index is 0.293. The Morgan fingerprint density at radius 3 is 2.24 bits per heavy atom. The molecule has 118 valence electrons. The summed E-state index contributed by atoms with van der Waals surface area (Å²) in [6.45, 7) is 4.34. The quantitative estimate of drug-likeness (QED) is 0.459. The number of nitrogens with zero attached hydrogens (tertiary/aromatic N) is 3. The van der Waals surface area contributed by atoms with Crippen LogP contribution in [0.5, 0.6) is 0 Å². The molecule has 0 saturated carbocycles. The van der Waals surface area contributed by atoms with Gasteiger partial charge in [0.1, 0.15) is 0 Å².